The van der Waals surface area contributed by atoms with Crippen LogP contribution in [0.4, 0.5) is 0 Å². The van der Waals surface area contributed by atoms with E-state index in [1.54, 1.807) is 0 Å². The van der Waals surface area contributed by atoms with E-state index < -0.39 is 0 Å². The quantitative estimate of drug-likeness (QED) is 0.523. The van der Waals surface area contributed by atoms with Crippen LogP contribution in [0.5, 0.6) is 5.75 Å². The summed E-state index contributed by atoms with van der Waals surface area (Å²) in [5.74, 6) is 1.28. The summed E-state index contributed by atoms with van der Waals surface area (Å²) in [5, 5.41) is 3.94. The highest BCUT2D eigenvalue weighted by Crippen LogP contribution is 2.31. The molecule has 0 saturated carbocycles. The molecule has 0 saturated heterocycles. The van der Waals surface area contributed by atoms with Gasteiger partial charge in [0.1, 0.15) is 5.75 Å². The fourth-order valence-electron chi connectivity index (χ4n) is 3.36. The standard InChI is InChI=1S/C23H27ClN2O2/c1-16(2)28-21-10-5-9-19-20(15-26(22(19)21)12-6-11-24)23(27)25-14-18-8-4-7-17(3)13-18/h4-5,7-10,13,15-16H,6,11-12,14H2,1-3H3,(H,25,27). The number of hydrogen-bond acceptors (Lipinski definition) is 2. The van der Waals surface area contributed by atoms with Crippen LogP contribution in [0.15, 0.2) is 48.7 Å². The summed E-state index contributed by atoms with van der Waals surface area (Å²) >= 11 is 5.90. The van der Waals surface area contributed by atoms with Crippen molar-refractivity contribution in [2.24, 2.45) is 0 Å². The molecule has 1 N–H and O–H groups in total. The summed E-state index contributed by atoms with van der Waals surface area (Å²) < 4.78 is 8.08. The van der Waals surface area contributed by atoms with Crippen LogP contribution in [0.2, 0.25) is 0 Å². The molecule has 3 aromatic rings. The molecule has 1 aromatic heterocycles. The van der Waals surface area contributed by atoms with Crippen molar-refractivity contribution in [1.82, 2.24) is 9.88 Å². The maximum atomic E-state index is 12.9. The lowest BCUT2D eigenvalue weighted by atomic mass is 10.1. The molecule has 0 aliphatic rings. The molecule has 4 nitrogen and oxygen atoms in total. The van der Waals surface area contributed by atoms with Gasteiger partial charge in [-0.05, 0) is 38.8 Å². The van der Waals surface area contributed by atoms with Crippen molar-refractivity contribution in [3.63, 3.8) is 0 Å². The van der Waals surface area contributed by atoms with Crippen molar-refractivity contribution in [2.45, 2.75) is 46.4 Å². The number of aromatic nitrogens is 1. The molecular formula is C23H27ClN2O2. The van der Waals surface area contributed by atoms with Crippen LogP contribution in [-0.4, -0.2) is 22.5 Å². The summed E-state index contributed by atoms with van der Waals surface area (Å²) in [4.78, 5) is 12.9. The fraction of sp³-hybridized carbons (Fsp3) is 0.348. The third-order valence-electron chi connectivity index (χ3n) is 4.54. The Morgan fingerprint density at radius 3 is 2.71 bits per heavy atom. The second-order valence-corrected chi connectivity index (χ2v) is 7.65. The number of nitrogens with zero attached hydrogens (tertiary/aromatic N) is 1. The second-order valence-electron chi connectivity index (χ2n) is 7.27. The number of fused-ring (bicyclic) bond motifs is 1. The molecule has 3 rings (SSSR count). The lowest BCUT2D eigenvalue weighted by Gasteiger charge is -2.13. The number of rotatable bonds is 8. The van der Waals surface area contributed by atoms with E-state index in [2.05, 4.69) is 16.0 Å². The Morgan fingerprint density at radius 2 is 2.00 bits per heavy atom. The third-order valence-corrected chi connectivity index (χ3v) is 4.80. The van der Waals surface area contributed by atoms with E-state index in [4.69, 9.17) is 16.3 Å². The smallest absolute Gasteiger partial charge is 0.253 e. The third kappa shape index (κ3) is 4.68. The zero-order valence-electron chi connectivity index (χ0n) is 16.7. The van der Waals surface area contributed by atoms with Crippen molar-refractivity contribution in [1.29, 1.82) is 0 Å². The van der Waals surface area contributed by atoms with Crippen LogP contribution >= 0.6 is 11.6 Å². The maximum Gasteiger partial charge on any atom is 0.253 e. The first-order chi connectivity index (χ1) is 13.5. The molecular weight excluding hydrogens is 372 g/mol. The number of aryl methyl sites for hydroxylation is 2. The van der Waals surface area contributed by atoms with Crippen LogP contribution < -0.4 is 10.1 Å². The fourth-order valence-corrected chi connectivity index (χ4v) is 3.48. The van der Waals surface area contributed by atoms with Crippen molar-refractivity contribution in [3.8, 4) is 5.75 Å². The molecule has 28 heavy (non-hydrogen) atoms. The average molecular weight is 399 g/mol. The minimum Gasteiger partial charge on any atom is -0.489 e. The zero-order chi connectivity index (χ0) is 20.1. The Balaban J connectivity index is 1.92. The highest BCUT2D eigenvalue weighted by molar-refractivity contribution is 6.17. The van der Waals surface area contributed by atoms with Crippen molar-refractivity contribution < 1.29 is 9.53 Å². The molecule has 0 bridgehead atoms. The molecule has 0 radical (unpaired) electrons. The van der Waals surface area contributed by atoms with Gasteiger partial charge in [-0.2, -0.15) is 0 Å². The van der Waals surface area contributed by atoms with Gasteiger partial charge in [-0.25, -0.2) is 0 Å². The zero-order valence-corrected chi connectivity index (χ0v) is 17.4. The largest absolute Gasteiger partial charge is 0.489 e. The molecule has 5 heteroatoms. The topological polar surface area (TPSA) is 43.3 Å². The number of ether oxygens (including phenoxy) is 1. The maximum absolute atomic E-state index is 12.9. The monoisotopic (exact) mass is 398 g/mol. The van der Waals surface area contributed by atoms with Crippen LogP contribution in [-0.2, 0) is 13.1 Å². The average Bonchev–Trinajstić information content (AvgIpc) is 3.04. The normalized spacial score (nSPS) is 11.2. The minimum atomic E-state index is -0.0853. The van der Waals surface area contributed by atoms with Gasteiger partial charge in [0.25, 0.3) is 5.91 Å². The molecule has 0 aliphatic carbocycles. The van der Waals surface area contributed by atoms with Crippen molar-refractivity contribution >= 4 is 28.4 Å². The minimum absolute atomic E-state index is 0.0561. The first-order valence-electron chi connectivity index (χ1n) is 9.68. The van der Waals surface area contributed by atoms with Gasteiger partial charge < -0.3 is 14.6 Å². The van der Waals surface area contributed by atoms with E-state index in [9.17, 15) is 4.79 Å². The van der Waals surface area contributed by atoms with E-state index in [0.717, 1.165) is 35.2 Å². The Kier molecular flexibility index (Phi) is 6.63. The number of carbonyl (C=O) groups excluding carboxylic acids is 1. The molecule has 1 amide bonds. The summed E-state index contributed by atoms with van der Waals surface area (Å²) in [6, 6.07) is 14.0. The molecule has 0 atom stereocenters. The van der Waals surface area contributed by atoms with Gasteiger partial charge in [0, 0.05) is 30.6 Å². The number of amides is 1. The van der Waals surface area contributed by atoms with E-state index in [1.807, 2.05) is 63.4 Å². The predicted octanol–water partition coefficient (Wildman–Crippen LogP) is 5.30. The first kappa shape index (κ1) is 20.3. The van der Waals surface area contributed by atoms with Gasteiger partial charge in [-0.1, -0.05) is 42.0 Å². The van der Waals surface area contributed by atoms with Crippen molar-refractivity contribution in [3.05, 3.63) is 65.4 Å². The summed E-state index contributed by atoms with van der Waals surface area (Å²) in [7, 11) is 0. The number of hydrogen-bond donors (Lipinski definition) is 1. The highest BCUT2D eigenvalue weighted by atomic mass is 35.5. The number of carbonyl (C=O) groups is 1. The molecule has 148 valence electrons. The lowest BCUT2D eigenvalue weighted by Crippen LogP contribution is -2.22. The van der Waals surface area contributed by atoms with Crippen LogP contribution in [0.1, 0.15) is 41.8 Å². The lowest BCUT2D eigenvalue weighted by molar-refractivity contribution is 0.0952. The first-order valence-corrected chi connectivity index (χ1v) is 10.2. The molecule has 0 unspecified atom stereocenters. The van der Waals surface area contributed by atoms with Gasteiger partial charge >= 0.3 is 0 Å². The number of benzene rings is 2. The van der Waals surface area contributed by atoms with Crippen molar-refractivity contribution in [2.75, 3.05) is 5.88 Å². The number of para-hydroxylation sites is 1. The van der Waals surface area contributed by atoms with E-state index in [0.29, 0.717) is 18.0 Å². The van der Waals surface area contributed by atoms with Gasteiger partial charge in [0.2, 0.25) is 0 Å². The predicted molar refractivity (Wildman–Crippen MR) is 115 cm³/mol. The molecule has 0 spiro atoms. The van der Waals surface area contributed by atoms with Gasteiger partial charge in [-0.3, -0.25) is 4.79 Å². The Labute approximate surface area is 171 Å². The number of alkyl halides is 1. The highest BCUT2D eigenvalue weighted by Gasteiger charge is 2.18. The number of nitrogens with one attached hydrogen (secondary N) is 1. The SMILES string of the molecule is Cc1cccc(CNC(=O)c2cn(CCCCl)c3c(OC(C)C)cccc23)c1. The van der Waals surface area contributed by atoms with E-state index in [1.165, 1.54) is 5.56 Å². The molecule has 0 aliphatic heterocycles. The summed E-state index contributed by atoms with van der Waals surface area (Å²) in [5.41, 5.74) is 3.87. The van der Waals surface area contributed by atoms with Gasteiger partial charge in [-0.15, -0.1) is 11.6 Å². The Morgan fingerprint density at radius 1 is 1.21 bits per heavy atom. The number of halogens is 1. The van der Waals surface area contributed by atoms with Gasteiger partial charge in [0.15, 0.2) is 0 Å². The van der Waals surface area contributed by atoms with E-state index in [-0.39, 0.29) is 12.0 Å². The van der Waals surface area contributed by atoms with Crippen LogP contribution in [0.25, 0.3) is 10.9 Å². The van der Waals surface area contributed by atoms with E-state index >= 15 is 0 Å². The van der Waals surface area contributed by atoms with Gasteiger partial charge in [0.05, 0.1) is 17.2 Å². The summed E-state index contributed by atoms with van der Waals surface area (Å²) in [6.07, 6.45) is 2.79. The molecule has 2 aromatic carbocycles. The second kappa shape index (κ2) is 9.16. The molecule has 1 heterocycles. The van der Waals surface area contributed by atoms with Crippen LogP contribution in [0.3, 0.4) is 0 Å². The Bertz CT molecular complexity index is 962. The molecule has 0 fully saturated rings. The summed E-state index contributed by atoms with van der Waals surface area (Å²) in [6.45, 7) is 7.29. The Hall–Kier alpha value is -2.46. The van der Waals surface area contributed by atoms with Crippen LogP contribution in [0, 0.1) is 6.92 Å².